The Bertz CT molecular complexity index is 795. The van der Waals surface area contributed by atoms with E-state index in [0.29, 0.717) is 13.2 Å². The van der Waals surface area contributed by atoms with Crippen LogP contribution in [0.3, 0.4) is 0 Å². The topological polar surface area (TPSA) is 48.3 Å². The Labute approximate surface area is 173 Å². The van der Waals surface area contributed by atoms with Crippen LogP contribution in [0.2, 0.25) is 0 Å². The number of halogens is 1. The van der Waals surface area contributed by atoms with Gasteiger partial charge in [0.25, 0.3) is 0 Å². The number of rotatable bonds is 11. The molecule has 0 atom stereocenters. The van der Waals surface area contributed by atoms with E-state index in [1.54, 1.807) is 0 Å². The van der Waals surface area contributed by atoms with E-state index < -0.39 is 0 Å². The van der Waals surface area contributed by atoms with Crippen LogP contribution in [0.15, 0.2) is 67.3 Å². The molecular formula is C22H28ClN3O2. The minimum atomic E-state index is 0. The van der Waals surface area contributed by atoms with Gasteiger partial charge in [-0.2, -0.15) is 0 Å². The third-order valence-electron chi connectivity index (χ3n) is 4.20. The van der Waals surface area contributed by atoms with Crippen LogP contribution in [0.5, 0.6) is 11.5 Å². The molecule has 5 nitrogen and oxygen atoms in total. The monoisotopic (exact) mass is 401 g/mol. The molecule has 0 unspecified atom stereocenters. The van der Waals surface area contributed by atoms with Crippen molar-refractivity contribution in [1.82, 2.24) is 14.9 Å². The fourth-order valence-electron chi connectivity index (χ4n) is 2.82. The number of nitrogens with zero attached hydrogens (tertiary/aromatic N) is 2. The maximum atomic E-state index is 5.96. The molecule has 3 rings (SSSR count). The average molecular weight is 402 g/mol. The third kappa shape index (κ3) is 6.91. The Morgan fingerprint density at radius 2 is 1.86 bits per heavy atom. The van der Waals surface area contributed by atoms with Gasteiger partial charge in [-0.05, 0) is 43.1 Å². The molecule has 28 heavy (non-hydrogen) atoms. The van der Waals surface area contributed by atoms with Crippen LogP contribution in [0.1, 0.15) is 24.5 Å². The van der Waals surface area contributed by atoms with Gasteiger partial charge in [-0.3, -0.25) is 0 Å². The lowest BCUT2D eigenvalue weighted by Crippen LogP contribution is -2.16. The lowest BCUT2D eigenvalue weighted by molar-refractivity contribution is 0.269. The fourth-order valence-corrected chi connectivity index (χ4v) is 2.82. The normalized spacial score (nSPS) is 10.3. The molecule has 1 N–H and O–H groups in total. The summed E-state index contributed by atoms with van der Waals surface area (Å²) >= 11 is 0. The maximum absolute atomic E-state index is 5.96. The molecule has 0 amide bonds. The number of benzene rings is 2. The van der Waals surface area contributed by atoms with Gasteiger partial charge in [-0.1, -0.05) is 36.4 Å². The molecule has 0 aliphatic rings. The van der Waals surface area contributed by atoms with Crippen LogP contribution in [-0.2, 0) is 19.7 Å². The van der Waals surface area contributed by atoms with Gasteiger partial charge < -0.3 is 19.4 Å². The zero-order valence-electron chi connectivity index (χ0n) is 16.2. The first kappa shape index (κ1) is 21.8. The Hall–Kier alpha value is -2.50. The van der Waals surface area contributed by atoms with Gasteiger partial charge in [0.15, 0.2) is 11.5 Å². The van der Waals surface area contributed by atoms with E-state index in [2.05, 4.69) is 39.1 Å². The first-order valence-electron chi connectivity index (χ1n) is 9.44. The summed E-state index contributed by atoms with van der Waals surface area (Å²) in [6.07, 6.45) is 6.71. The van der Waals surface area contributed by atoms with Crippen LogP contribution in [0, 0.1) is 0 Å². The summed E-state index contributed by atoms with van der Waals surface area (Å²) in [4.78, 5) is 4.06. The quantitative estimate of drug-likeness (QED) is 0.482. The van der Waals surface area contributed by atoms with Crippen molar-refractivity contribution < 1.29 is 9.47 Å². The summed E-state index contributed by atoms with van der Waals surface area (Å²) in [5, 5.41) is 3.48. The highest BCUT2D eigenvalue weighted by Crippen LogP contribution is 2.29. The molecule has 0 spiro atoms. The summed E-state index contributed by atoms with van der Waals surface area (Å²) in [7, 11) is 0. The minimum Gasteiger partial charge on any atom is -0.490 e. The van der Waals surface area contributed by atoms with Gasteiger partial charge in [0.1, 0.15) is 6.61 Å². The first-order chi connectivity index (χ1) is 13.3. The Balaban J connectivity index is 0.00000280. The van der Waals surface area contributed by atoms with E-state index in [9.17, 15) is 0 Å². The summed E-state index contributed by atoms with van der Waals surface area (Å²) in [6.45, 7) is 5.87. The number of aryl methyl sites for hydroxylation is 1. The number of aromatic nitrogens is 2. The van der Waals surface area contributed by atoms with E-state index in [0.717, 1.165) is 43.1 Å². The highest BCUT2D eigenvalue weighted by atomic mass is 35.5. The Morgan fingerprint density at radius 3 is 2.61 bits per heavy atom. The summed E-state index contributed by atoms with van der Waals surface area (Å²) in [5.74, 6) is 1.58. The Morgan fingerprint density at radius 1 is 1.00 bits per heavy atom. The molecule has 0 bridgehead atoms. The molecule has 1 heterocycles. The molecule has 0 aliphatic heterocycles. The molecule has 2 aromatic carbocycles. The lowest BCUT2D eigenvalue weighted by Gasteiger charge is -2.14. The molecule has 0 fully saturated rings. The maximum Gasteiger partial charge on any atom is 0.161 e. The van der Waals surface area contributed by atoms with Crippen molar-refractivity contribution >= 4 is 12.4 Å². The summed E-state index contributed by atoms with van der Waals surface area (Å²) < 4.78 is 13.8. The first-order valence-corrected chi connectivity index (χ1v) is 9.44. The largest absolute Gasteiger partial charge is 0.490 e. The average Bonchev–Trinajstić information content (AvgIpc) is 3.22. The summed E-state index contributed by atoms with van der Waals surface area (Å²) in [6, 6.07) is 16.3. The highest BCUT2D eigenvalue weighted by Gasteiger charge is 2.07. The number of ether oxygens (including phenoxy) is 2. The van der Waals surface area contributed by atoms with E-state index >= 15 is 0 Å². The van der Waals surface area contributed by atoms with Crippen molar-refractivity contribution in [2.45, 2.75) is 33.0 Å². The van der Waals surface area contributed by atoms with Gasteiger partial charge in [0.05, 0.1) is 12.9 Å². The molecule has 0 saturated heterocycles. The van der Waals surface area contributed by atoms with Crippen LogP contribution in [-0.4, -0.2) is 22.7 Å². The molecule has 0 radical (unpaired) electrons. The SMILES string of the molecule is CCOc1cc(CNCCCn2ccnc2)ccc1OCc1ccccc1.Cl. The van der Waals surface area contributed by atoms with E-state index in [4.69, 9.17) is 9.47 Å². The van der Waals surface area contributed by atoms with Crippen LogP contribution < -0.4 is 14.8 Å². The standard InChI is InChI=1S/C22H27N3O2.ClH/c1-2-26-22-15-20(16-23-11-6-13-25-14-12-24-18-25)9-10-21(22)27-17-19-7-4-3-5-8-19;/h3-5,7-10,12,14-15,18,23H,2,6,11,13,16-17H2,1H3;1H. The molecular weight excluding hydrogens is 374 g/mol. The van der Waals surface area contributed by atoms with Crippen molar-refractivity contribution in [2.75, 3.05) is 13.2 Å². The fraction of sp³-hybridized carbons (Fsp3) is 0.318. The third-order valence-corrected chi connectivity index (χ3v) is 4.20. The second-order valence-corrected chi connectivity index (χ2v) is 6.32. The number of nitrogens with one attached hydrogen (secondary N) is 1. The van der Waals surface area contributed by atoms with Crippen molar-refractivity contribution in [3.63, 3.8) is 0 Å². The second-order valence-electron chi connectivity index (χ2n) is 6.32. The molecule has 3 aromatic rings. The lowest BCUT2D eigenvalue weighted by atomic mass is 10.2. The smallest absolute Gasteiger partial charge is 0.161 e. The Kier molecular flexibility index (Phi) is 9.39. The number of hydrogen-bond acceptors (Lipinski definition) is 4. The molecule has 6 heteroatoms. The van der Waals surface area contributed by atoms with Crippen LogP contribution in [0.25, 0.3) is 0 Å². The van der Waals surface area contributed by atoms with E-state index in [-0.39, 0.29) is 12.4 Å². The highest BCUT2D eigenvalue weighted by molar-refractivity contribution is 5.85. The predicted molar refractivity (Wildman–Crippen MR) is 114 cm³/mol. The van der Waals surface area contributed by atoms with Gasteiger partial charge in [-0.25, -0.2) is 4.98 Å². The predicted octanol–water partition coefficient (Wildman–Crippen LogP) is 4.46. The van der Waals surface area contributed by atoms with Crippen molar-refractivity contribution in [3.05, 3.63) is 78.4 Å². The van der Waals surface area contributed by atoms with Gasteiger partial charge >= 0.3 is 0 Å². The second kappa shape index (κ2) is 12.1. The molecule has 0 saturated carbocycles. The van der Waals surface area contributed by atoms with E-state index in [1.165, 1.54) is 5.56 Å². The van der Waals surface area contributed by atoms with Crippen molar-refractivity contribution in [1.29, 1.82) is 0 Å². The summed E-state index contributed by atoms with van der Waals surface area (Å²) in [5.41, 5.74) is 2.33. The number of hydrogen-bond donors (Lipinski definition) is 1. The van der Waals surface area contributed by atoms with Crippen molar-refractivity contribution in [3.8, 4) is 11.5 Å². The van der Waals surface area contributed by atoms with Crippen LogP contribution in [0.4, 0.5) is 0 Å². The van der Waals surface area contributed by atoms with Gasteiger partial charge in [-0.15, -0.1) is 12.4 Å². The molecule has 0 aliphatic carbocycles. The van der Waals surface area contributed by atoms with Crippen molar-refractivity contribution in [2.24, 2.45) is 0 Å². The molecule has 150 valence electrons. The van der Waals surface area contributed by atoms with Gasteiger partial charge in [0.2, 0.25) is 0 Å². The zero-order chi connectivity index (χ0) is 18.7. The number of imidazole rings is 1. The minimum absolute atomic E-state index is 0. The zero-order valence-corrected chi connectivity index (χ0v) is 17.0. The van der Waals surface area contributed by atoms with Gasteiger partial charge in [0, 0.05) is 25.5 Å². The van der Waals surface area contributed by atoms with E-state index in [1.807, 2.05) is 49.9 Å². The molecule has 1 aromatic heterocycles. The van der Waals surface area contributed by atoms with Crippen LogP contribution >= 0.6 is 12.4 Å².